The lowest BCUT2D eigenvalue weighted by Crippen LogP contribution is -2.34. The number of nitrogens with one attached hydrogen (secondary N) is 1. The molecule has 3 rings (SSSR count). The second kappa shape index (κ2) is 5.65. The van der Waals surface area contributed by atoms with Crippen molar-refractivity contribution in [2.24, 2.45) is 0 Å². The van der Waals surface area contributed by atoms with E-state index in [9.17, 15) is 0 Å². The van der Waals surface area contributed by atoms with Crippen molar-refractivity contribution in [3.8, 4) is 0 Å². The fraction of sp³-hybridized carbons (Fsp3) is 0.500. The molecule has 1 unspecified atom stereocenters. The quantitative estimate of drug-likeness (QED) is 0.929. The topological polar surface area (TPSA) is 28.2 Å². The van der Waals surface area contributed by atoms with Crippen molar-refractivity contribution in [3.63, 3.8) is 0 Å². The first-order valence-corrected chi connectivity index (χ1v) is 7.99. The van der Waals surface area contributed by atoms with Crippen LogP contribution in [0.4, 0.5) is 5.13 Å². The highest BCUT2D eigenvalue weighted by atomic mass is 35.5. The number of rotatable bonds is 4. The minimum absolute atomic E-state index is 0.653. The Balaban J connectivity index is 1.68. The maximum Gasteiger partial charge on any atom is 0.183 e. The third-order valence-corrected chi connectivity index (χ3v) is 4.97. The molecule has 0 aliphatic carbocycles. The van der Waals surface area contributed by atoms with Crippen LogP contribution in [0.2, 0.25) is 5.02 Å². The molecule has 1 aliphatic heterocycles. The first-order valence-electron chi connectivity index (χ1n) is 6.80. The highest BCUT2D eigenvalue weighted by Crippen LogP contribution is 2.28. The molecule has 1 aromatic heterocycles. The molecule has 0 saturated carbocycles. The van der Waals surface area contributed by atoms with E-state index in [4.69, 9.17) is 11.6 Å². The highest BCUT2D eigenvalue weighted by molar-refractivity contribution is 7.22. The van der Waals surface area contributed by atoms with E-state index in [0.29, 0.717) is 6.04 Å². The van der Waals surface area contributed by atoms with E-state index >= 15 is 0 Å². The zero-order valence-electron chi connectivity index (χ0n) is 11.0. The molecule has 3 nitrogen and oxygen atoms in total. The van der Waals surface area contributed by atoms with Crippen molar-refractivity contribution in [2.45, 2.75) is 25.8 Å². The SMILES string of the molecule is CCN1CCCC1CNc1nc2cc(Cl)ccc2s1. The lowest BCUT2D eigenvalue weighted by atomic mass is 10.2. The van der Waals surface area contributed by atoms with Gasteiger partial charge in [-0.2, -0.15) is 0 Å². The number of likely N-dealkylation sites (tertiary alicyclic amines) is 1. The summed E-state index contributed by atoms with van der Waals surface area (Å²) in [5, 5.41) is 5.23. The molecular formula is C14H18ClN3S. The van der Waals surface area contributed by atoms with E-state index in [1.54, 1.807) is 11.3 Å². The van der Waals surface area contributed by atoms with Gasteiger partial charge in [0.15, 0.2) is 5.13 Å². The van der Waals surface area contributed by atoms with Crippen LogP contribution in [0.1, 0.15) is 19.8 Å². The molecular weight excluding hydrogens is 278 g/mol. The Morgan fingerprint density at radius 2 is 2.42 bits per heavy atom. The van der Waals surface area contributed by atoms with Gasteiger partial charge in [0.1, 0.15) is 0 Å². The minimum atomic E-state index is 0.653. The summed E-state index contributed by atoms with van der Waals surface area (Å²) in [4.78, 5) is 7.13. The predicted octanol–water partition coefficient (Wildman–Crippen LogP) is 3.85. The van der Waals surface area contributed by atoms with Crippen molar-refractivity contribution in [3.05, 3.63) is 23.2 Å². The lowest BCUT2D eigenvalue weighted by Gasteiger charge is -2.22. The number of fused-ring (bicyclic) bond motifs is 1. The van der Waals surface area contributed by atoms with Gasteiger partial charge in [-0.15, -0.1) is 0 Å². The van der Waals surface area contributed by atoms with Gasteiger partial charge in [0, 0.05) is 17.6 Å². The number of halogens is 1. The number of anilines is 1. The fourth-order valence-corrected chi connectivity index (χ4v) is 3.74. The Morgan fingerprint density at radius 1 is 1.53 bits per heavy atom. The van der Waals surface area contributed by atoms with Crippen LogP contribution < -0.4 is 5.32 Å². The van der Waals surface area contributed by atoms with Crippen LogP contribution in [-0.2, 0) is 0 Å². The predicted molar refractivity (Wildman–Crippen MR) is 83.4 cm³/mol. The Hall–Kier alpha value is -0.840. The molecule has 1 N–H and O–H groups in total. The standard InChI is InChI=1S/C14H18ClN3S/c1-2-18-7-3-4-11(18)9-16-14-17-12-8-10(15)5-6-13(12)19-14/h5-6,8,11H,2-4,7,9H2,1H3,(H,16,17). The molecule has 1 atom stereocenters. The maximum atomic E-state index is 5.98. The third-order valence-electron chi connectivity index (χ3n) is 3.74. The first-order chi connectivity index (χ1) is 9.26. The molecule has 5 heteroatoms. The van der Waals surface area contributed by atoms with Crippen LogP contribution >= 0.6 is 22.9 Å². The zero-order valence-corrected chi connectivity index (χ0v) is 12.6. The molecule has 2 aromatic rings. The van der Waals surface area contributed by atoms with Crippen LogP contribution in [0.25, 0.3) is 10.2 Å². The summed E-state index contributed by atoms with van der Waals surface area (Å²) in [5.74, 6) is 0. The van der Waals surface area contributed by atoms with Crippen molar-refractivity contribution >= 4 is 38.3 Å². The lowest BCUT2D eigenvalue weighted by molar-refractivity contribution is 0.277. The van der Waals surface area contributed by atoms with Gasteiger partial charge in [-0.05, 0) is 44.1 Å². The van der Waals surface area contributed by atoms with Gasteiger partial charge in [0.25, 0.3) is 0 Å². The summed E-state index contributed by atoms with van der Waals surface area (Å²) in [6, 6.07) is 6.53. The fourth-order valence-electron chi connectivity index (χ4n) is 2.72. The second-order valence-corrected chi connectivity index (χ2v) is 6.40. The smallest absolute Gasteiger partial charge is 0.183 e. The summed E-state index contributed by atoms with van der Waals surface area (Å²) in [6.07, 6.45) is 2.60. The highest BCUT2D eigenvalue weighted by Gasteiger charge is 2.22. The summed E-state index contributed by atoms with van der Waals surface area (Å²) in [6.45, 7) is 5.60. The van der Waals surface area contributed by atoms with Gasteiger partial charge in [-0.25, -0.2) is 4.98 Å². The summed E-state index contributed by atoms with van der Waals surface area (Å²) < 4.78 is 1.19. The van der Waals surface area contributed by atoms with Gasteiger partial charge in [-0.3, -0.25) is 4.90 Å². The zero-order chi connectivity index (χ0) is 13.2. The normalized spacial score (nSPS) is 20.2. The van der Waals surface area contributed by atoms with Crippen LogP contribution in [0.15, 0.2) is 18.2 Å². The molecule has 0 radical (unpaired) electrons. The first kappa shape index (κ1) is 13.2. The molecule has 1 fully saturated rings. The number of hydrogen-bond acceptors (Lipinski definition) is 4. The van der Waals surface area contributed by atoms with Crippen molar-refractivity contribution < 1.29 is 0 Å². The van der Waals surface area contributed by atoms with Gasteiger partial charge < -0.3 is 5.32 Å². The average molecular weight is 296 g/mol. The van der Waals surface area contributed by atoms with E-state index < -0.39 is 0 Å². The van der Waals surface area contributed by atoms with Crippen molar-refractivity contribution in [1.29, 1.82) is 0 Å². The van der Waals surface area contributed by atoms with E-state index in [2.05, 4.69) is 22.1 Å². The monoisotopic (exact) mass is 295 g/mol. The molecule has 0 spiro atoms. The largest absolute Gasteiger partial charge is 0.360 e. The Morgan fingerprint density at radius 3 is 3.26 bits per heavy atom. The average Bonchev–Trinajstić information content (AvgIpc) is 3.01. The van der Waals surface area contributed by atoms with Gasteiger partial charge in [0.2, 0.25) is 0 Å². The van der Waals surface area contributed by atoms with Crippen LogP contribution in [0.5, 0.6) is 0 Å². The molecule has 0 bridgehead atoms. The van der Waals surface area contributed by atoms with Gasteiger partial charge >= 0.3 is 0 Å². The van der Waals surface area contributed by atoms with E-state index in [0.717, 1.165) is 28.8 Å². The van der Waals surface area contributed by atoms with Crippen LogP contribution in [-0.4, -0.2) is 35.6 Å². The molecule has 102 valence electrons. The molecule has 1 aliphatic rings. The van der Waals surface area contributed by atoms with Crippen LogP contribution in [0, 0.1) is 0 Å². The summed E-state index contributed by atoms with van der Waals surface area (Å²) >= 11 is 7.68. The number of nitrogens with zero attached hydrogens (tertiary/aromatic N) is 2. The van der Waals surface area contributed by atoms with Crippen molar-refractivity contribution in [1.82, 2.24) is 9.88 Å². The maximum absolute atomic E-state index is 5.98. The Labute approximate surface area is 122 Å². The number of aromatic nitrogens is 1. The molecule has 1 saturated heterocycles. The molecule has 19 heavy (non-hydrogen) atoms. The molecule has 1 aromatic carbocycles. The Bertz CT molecular complexity index is 569. The second-order valence-electron chi connectivity index (χ2n) is 4.94. The minimum Gasteiger partial charge on any atom is -0.360 e. The number of likely N-dealkylation sites (N-methyl/N-ethyl adjacent to an activating group) is 1. The summed E-state index contributed by atoms with van der Waals surface area (Å²) in [5.41, 5.74) is 0.985. The van der Waals surface area contributed by atoms with E-state index in [1.807, 2.05) is 18.2 Å². The number of thiazole rings is 1. The number of hydrogen-bond donors (Lipinski definition) is 1. The summed E-state index contributed by atoms with van der Waals surface area (Å²) in [7, 11) is 0. The van der Waals surface area contributed by atoms with E-state index in [-0.39, 0.29) is 0 Å². The molecule has 0 amide bonds. The number of benzene rings is 1. The van der Waals surface area contributed by atoms with Gasteiger partial charge in [-0.1, -0.05) is 29.9 Å². The third kappa shape index (κ3) is 2.86. The van der Waals surface area contributed by atoms with Crippen molar-refractivity contribution in [2.75, 3.05) is 25.0 Å². The van der Waals surface area contributed by atoms with E-state index in [1.165, 1.54) is 24.1 Å². The van der Waals surface area contributed by atoms with Gasteiger partial charge in [0.05, 0.1) is 10.2 Å². The van der Waals surface area contributed by atoms with Crippen LogP contribution in [0.3, 0.4) is 0 Å². The Kier molecular flexibility index (Phi) is 3.91. The molecule has 2 heterocycles.